The summed E-state index contributed by atoms with van der Waals surface area (Å²) in [6, 6.07) is 4.26. The maximum absolute atomic E-state index is 4.57. The topological polar surface area (TPSA) is 41.1 Å². The first kappa shape index (κ1) is 13.0. The summed E-state index contributed by atoms with van der Waals surface area (Å²) < 4.78 is 0. The van der Waals surface area contributed by atoms with E-state index < -0.39 is 0 Å². The molecule has 0 fully saturated rings. The highest BCUT2D eigenvalue weighted by Gasteiger charge is 2.05. The number of likely N-dealkylation sites (N-methyl/N-ethyl adjacent to an activating group) is 1. The van der Waals surface area contributed by atoms with Crippen molar-refractivity contribution in [1.29, 1.82) is 0 Å². The molecule has 0 aliphatic rings. The van der Waals surface area contributed by atoms with Crippen molar-refractivity contribution in [2.45, 2.75) is 13.0 Å². The van der Waals surface area contributed by atoms with Crippen LogP contribution < -0.4 is 10.2 Å². The van der Waals surface area contributed by atoms with Crippen molar-refractivity contribution < 1.29 is 0 Å². The van der Waals surface area contributed by atoms with Crippen molar-refractivity contribution in [3.63, 3.8) is 0 Å². The van der Waals surface area contributed by atoms with E-state index in [1.54, 1.807) is 17.5 Å². The number of nitrogens with one attached hydrogen (secondary N) is 1. The number of rotatable bonds is 6. The second-order valence-corrected chi connectivity index (χ2v) is 5.18. The molecule has 0 saturated heterocycles. The summed E-state index contributed by atoms with van der Waals surface area (Å²) >= 11 is 1.80. The van der Waals surface area contributed by atoms with Crippen LogP contribution in [0.25, 0.3) is 0 Å². The fourth-order valence-electron chi connectivity index (χ4n) is 1.69. The van der Waals surface area contributed by atoms with Crippen LogP contribution >= 0.6 is 11.3 Å². The molecule has 0 aliphatic heterocycles. The Labute approximate surface area is 112 Å². The lowest BCUT2D eigenvalue weighted by Crippen LogP contribution is -2.22. The molecular formula is C13H18N4S. The van der Waals surface area contributed by atoms with Gasteiger partial charge in [-0.15, -0.1) is 11.3 Å². The van der Waals surface area contributed by atoms with E-state index in [0.29, 0.717) is 0 Å². The average Bonchev–Trinajstić information content (AvgIpc) is 2.90. The van der Waals surface area contributed by atoms with E-state index in [1.165, 1.54) is 4.88 Å². The fraction of sp³-hybridized carbons (Fsp3) is 0.385. The Bertz CT molecular complexity index is 470. The SMILES string of the molecule is CNCc1cncc(N(C)CCc2cccs2)n1. The van der Waals surface area contributed by atoms with Crippen LogP contribution in [-0.4, -0.2) is 30.6 Å². The highest BCUT2D eigenvalue weighted by molar-refractivity contribution is 7.09. The zero-order chi connectivity index (χ0) is 12.8. The van der Waals surface area contributed by atoms with Crippen LogP contribution in [0.1, 0.15) is 10.6 Å². The second-order valence-electron chi connectivity index (χ2n) is 4.15. The third-order valence-electron chi connectivity index (χ3n) is 2.69. The van der Waals surface area contributed by atoms with E-state index in [-0.39, 0.29) is 0 Å². The molecule has 0 atom stereocenters. The van der Waals surface area contributed by atoms with Gasteiger partial charge in [-0.05, 0) is 24.9 Å². The molecule has 1 N–H and O–H groups in total. The van der Waals surface area contributed by atoms with Crippen LogP contribution in [0.3, 0.4) is 0 Å². The Hall–Kier alpha value is -1.46. The quantitative estimate of drug-likeness (QED) is 0.864. The normalized spacial score (nSPS) is 10.6. The number of anilines is 1. The predicted molar refractivity (Wildman–Crippen MR) is 76.1 cm³/mol. The maximum Gasteiger partial charge on any atom is 0.147 e. The monoisotopic (exact) mass is 262 g/mol. The molecule has 4 nitrogen and oxygen atoms in total. The van der Waals surface area contributed by atoms with Gasteiger partial charge in [-0.2, -0.15) is 0 Å². The van der Waals surface area contributed by atoms with Gasteiger partial charge in [-0.1, -0.05) is 6.07 Å². The van der Waals surface area contributed by atoms with E-state index in [1.807, 2.05) is 13.2 Å². The van der Waals surface area contributed by atoms with E-state index in [4.69, 9.17) is 0 Å². The van der Waals surface area contributed by atoms with Gasteiger partial charge in [-0.25, -0.2) is 4.98 Å². The molecule has 0 amide bonds. The third-order valence-corrected chi connectivity index (χ3v) is 3.63. The molecule has 0 saturated carbocycles. The van der Waals surface area contributed by atoms with E-state index >= 15 is 0 Å². The van der Waals surface area contributed by atoms with Crippen LogP contribution in [0.5, 0.6) is 0 Å². The van der Waals surface area contributed by atoms with Crippen LogP contribution in [0.2, 0.25) is 0 Å². The van der Waals surface area contributed by atoms with Gasteiger partial charge >= 0.3 is 0 Å². The van der Waals surface area contributed by atoms with Gasteiger partial charge in [0.1, 0.15) is 5.82 Å². The minimum absolute atomic E-state index is 0.750. The number of nitrogens with zero attached hydrogens (tertiary/aromatic N) is 3. The highest BCUT2D eigenvalue weighted by Crippen LogP contribution is 2.12. The molecule has 2 heterocycles. The van der Waals surface area contributed by atoms with Crippen LogP contribution in [0.4, 0.5) is 5.82 Å². The van der Waals surface area contributed by atoms with Gasteiger partial charge in [0.2, 0.25) is 0 Å². The molecule has 18 heavy (non-hydrogen) atoms. The Kier molecular flexibility index (Phi) is 4.66. The van der Waals surface area contributed by atoms with Crippen molar-refractivity contribution in [1.82, 2.24) is 15.3 Å². The summed E-state index contributed by atoms with van der Waals surface area (Å²) in [5.41, 5.74) is 0.970. The summed E-state index contributed by atoms with van der Waals surface area (Å²) in [4.78, 5) is 12.3. The molecule has 2 aromatic heterocycles. The van der Waals surface area contributed by atoms with Gasteiger partial charge < -0.3 is 10.2 Å². The molecule has 0 aliphatic carbocycles. The Morgan fingerprint density at radius 2 is 2.28 bits per heavy atom. The molecule has 0 aromatic carbocycles. The van der Waals surface area contributed by atoms with Gasteiger partial charge in [0.15, 0.2) is 0 Å². The molecule has 0 unspecified atom stereocenters. The number of aromatic nitrogens is 2. The third kappa shape index (κ3) is 3.51. The lowest BCUT2D eigenvalue weighted by molar-refractivity contribution is 0.773. The summed E-state index contributed by atoms with van der Waals surface area (Å²) in [6.45, 7) is 1.71. The van der Waals surface area contributed by atoms with Crippen molar-refractivity contribution in [2.75, 3.05) is 25.5 Å². The summed E-state index contributed by atoms with van der Waals surface area (Å²) in [5, 5.41) is 5.20. The molecule has 96 valence electrons. The predicted octanol–water partition coefficient (Wildman–Crippen LogP) is 1.94. The summed E-state index contributed by atoms with van der Waals surface area (Å²) in [7, 11) is 3.97. The standard InChI is InChI=1S/C13H18N4S/c1-14-8-11-9-15-10-13(16-11)17(2)6-5-12-4-3-7-18-12/h3-4,7,9-10,14H,5-6,8H2,1-2H3. The van der Waals surface area contributed by atoms with Gasteiger partial charge in [0, 0.05) is 31.2 Å². The summed E-state index contributed by atoms with van der Waals surface area (Å²) in [5.74, 6) is 0.930. The van der Waals surface area contributed by atoms with Crippen LogP contribution in [0.15, 0.2) is 29.9 Å². The smallest absolute Gasteiger partial charge is 0.147 e. The molecule has 2 rings (SSSR count). The number of hydrogen-bond donors (Lipinski definition) is 1. The first-order valence-electron chi connectivity index (χ1n) is 5.98. The van der Waals surface area contributed by atoms with E-state index in [9.17, 15) is 0 Å². The molecule has 2 aromatic rings. The zero-order valence-electron chi connectivity index (χ0n) is 10.8. The minimum atomic E-state index is 0.750. The van der Waals surface area contributed by atoms with Gasteiger partial charge in [0.25, 0.3) is 0 Å². The average molecular weight is 262 g/mol. The van der Waals surface area contributed by atoms with Crippen molar-refractivity contribution in [3.8, 4) is 0 Å². The van der Waals surface area contributed by atoms with E-state index in [2.05, 4.69) is 44.7 Å². The Morgan fingerprint density at radius 3 is 3.00 bits per heavy atom. The van der Waals surface area contributed by atoms with Crippen molar-refractivity contribution in [3.05, 3.63) is 40.5 Å². The summed E-state index contributed by atoms with van der Waals surface area (Å²) in [6.07, 6.45) is 4.66. The lowest BCUT2D eigenvalue weighted by atomic mass is 10.3. The van der Waals surface area contributed by atoms with Crippen LogP contribution in [0, 0.1) is 0 Å². The number of hydrogen-bond acceptors (Lipinski definition) is 5. The molecule has 5 heteroatoms. The fourth-order valence-corrected chi connectivity index (χ4v) is 2.39. The van der Waals surface area contributed by atoms with Crippen LogP contribution in [-0.2, 0) is 13.0 Å². The molecule has 0 radical (unpaired) electrons. The second kappa shape index (κ2) is 6.47. The number of thiophene rings is 1. The van der Waals surface area contributed by atoms with Crippen molar-refractivity contribution >= 4 is 17.2 Å². The highest BCUT2D eigenvalue weighted by atomic mass is 32.1. The van der Waals surface area contributed by atoms with Crippen molar-refractivity contribution in [2.24, 2.45) is 0 Å². The van der Waals surface area contributed by atoms with Gasteiger partial charge in [0.05, 0.1) is 11.9 Å². The first-order valence-corrected chi connectivity index (χ1v) is 6.86. The minimum Gasteiger partial charge on any atom is -0.358 e. The Balaban J connectivity index is 1.95. The first-order chi connectivity index (χ1) is 8.79. The van der Waals surface area contributed by atoms with Gasteiger partial charge in [-0.3, -0.25) is 4.98 Å². The largest absolute Gasteiger partial charge is 0.358 e. The molecular weight excluding hydrogens is 244 g/mol. The maximum atomic E-state index is 4.57. The van der Waals surface area contributed by atoms with E-state index in [0.717, 1.165) is 31.0 Å². The molecule has 0 bridgehead atoms. The molecule has 0 spiro atoms. The zero-order valence-corrected chi connectivity index (χ0v) is 11.6. The Morgan fingerprint density at radius 1 is 1.39 bits per heavy atom. The lowest BCUT2D eigenvalue weighted by Gasteiger charge is -2.17.